The Labute approximate surface area is 101 Å². The van der Waals surface area contributed by atoms with Gasteiger partial charge in [-0.25, -0.2) is 0 Å². The summed E-state index contributed by atoms with van der Waals surface area (Å²) in [6.07, 6.45) is 9.47. The highest BCUT2D eigenvalue weighted by atomic mass is 14.9. The lowest BCUT2D eigenvalue weighted by molar-refractivity contribution is 0.419. The van der Waals surface area contributed by atoms with Crippen LogP contribution in [0.4, 0.5) is 0 Å². The highest BCUT2D eigenvalue weighted by molar-refractivity contribution is 5.69. The Hall–Kier alpha value is -1.66. The number of pyridine rings is 1. The van der Waals surface area contributed by atoms with Gasteiger partial charge < -0.3 is 5.32 Å². The number of nitrogens with zero attached hydrogens (tertiary/aromatic N) is 2. The third-order valence-electron chi connectivity index (χ3n) is 3.89. The third kappa shape index (κ3) is 1.85. The highest BCUT2D eigenvalue weighted by Crippen LogP contribution is 2.43. The first-order chi connectivity index (χ1) is 8.31. The van der Waals surface area contributed by atoms with E-state index in [1.807, 2.05) is 12.3 Å². The Bertz CT molecular complexity index is 504. The molecule has 1 spiro atoms. The summed E-state index contributed by atoms with van der Waals surface area (Å²) in [6.45, 7) is 2.22. The first-order valence-corrected chi connectivity index (χ1v) is 6.09. The van der Waals surface area contributed by atoms with Crippen molar-refractivity contribution in [1.29, 1.82) is 5.26 Å². The van der Waals surface area contributed by atoms with Crippen molar-refractivity contribution in [1.82, 2.24) is 10.3 Å². The molecule has 17 heavy (non-hydrogen) atoms. The minimum absolute atomic E-state index is 0.373. The molecule has 0 saturated carbocycles. The second-order valence-corrected chi connectivity index (χ2v) is 5.03. The minimum atomic E-state index is 0.373. The molecule has 2 aliphatic rings. The van der Waals surface area contributed by atoms with Crippen LogP contribution < -0.4 is 5.32 Å². The van der Waals surface area contributed by atoms with Crippen molar-refractivity contribution in [2.24, 2.45) is 5.41 Å². The number of aromatic nitrogens is 1. The number of rotatable bonds is 1. The maximum atomic E-state index is 8.89. The summed E-state index contributed by atoms with van der Waals surface area (Å²) in [5, 5.41) is 12.3. The molecule has 1 aliphatic carbocycles. The number of allylic oxidation sites excluding steroid dienone is 1. The smallest absolute Gasteiger partial charge is 0.101 e. The van der Waals surface area contributed by atoms with E-state index in [0.29, 0.717) is 11.0 Å². The quantitative estimate of drug-likeness (QED) is 0.796. The molecule has 3 rings (SSSR count). The van der Waals surface area contributed by atoms with Crippen LogP contribution in [0.25, 0.3) is 5.57 Å². The van der Waals surface area contributed by atoms with E-state index in [0.717, 1.165) is 25.1 Å². The van der Waals surface area contributed by atoms with Crippen LogP contribution >= 0.6 is 0 Å². The molecule has 1 N–H and O–H groups in total. The number of nitrogens with one attached hydrogen (secondary N) is 1. The molecule has 3 nitrogen and oxygen atoms in total. The van der Waals surface area contributed by atoms with Gasteiger partial charge in [0.1, 0.15) is 6.07 Å². The fourth-order valence-corrected chi connectivity index (χ4v) is 2.90. The van der Waals surface area contributed by atoms with E-state index in [1.165, 1.54) is 18.4 Å². The van der Waals surface area contributed by atoms with Gasteiger partial charge in [0.2, 0.25) is 0 Å². The molecule has 1 aromatic heterocycles. The molecule has 0 radical (unpaired) electrons. The van der Waals surface area contributed by atoms with E-state index in [9.17, 15) is 0 Å². The summed E-state index contributed by atoms with van der Waals surface area (Å²) in [7, 11) is 0. The zero-order valence-corrected chi connectivity index (χ0v) is 9.74. The van der Waals surface area contributed by atoms with Gasteiger partial charge in [0.05, 0.1) is 5.56 Å². The predicted octanol–water partition coefficient (Wildman–Crippen LogP) is 2.11. The van der Waals surface area contributed by atoms with Crippen LogP contribution in [0.1, 0.15) is 30.4 Å². The molecule has 0 aromatic carbocycles. The summed E-state index contributed by atoms with van der Waals surface area (Å²) in [5.41, 5.74) is 3.50. The van der Waals surface area contributed by atoms with Crippen LogP contribution in [0.15, 0.2) is 24.5 Å². The largest absolute Gasteiger partial charge is 0.316 e. The average Bonchev–Trinajstić information content (AvgIpc) is 3.01. The van der Waals surface area contributed by atoms with Gasteiger partial charge in [0.15, 0.2) is 0 Å². The summed E-state index contributed by atoms with van der Waals surface area (Å²) < 4.78 is 0. The second kappa shape index (κ2) is 3.97. The Morgan fingerprint density at radius 3 is 3.06 bits per heavy atom. The zero-order chi connectivity index (χ0) is 11.7. The molecule has 3 heteroatoms. The van der Waals surface area contributed by atoms with Gasteiger partial charge in [0, 0.05) is 24.4 Å². The molecule has 1 saturated heterocycles. The summed E-state index contributed by atoms with van der Waals surface area (Å²) in [4.78, 5) is 4.14. The molecule has 86 valence electrons. The van der Waals surface area contributed by atoms with Crippen LogP contribution in [0.3, 0.4) is 0 Å². The summed E-state index contributed by atoms with van der Waals surface area (Å²) in [5.74, 6) is 0. The van der Waals surface area contributed by atoms with E-state index in [1.54, 1.807) is 6.20 Å². The van der Waals surface area contributed by atoms with Crippen molar-refractivity contribution in [3.63, 3.8) is 0 Å². The van der Waals surface area contributed by atoms with Gasteiger partial charge in [-0.1, -0.05) is 6.08 Å². The van der Waals surface area contributed by atoms with E-state index < -0.39 is 0 Å². The first-order valence-electron chi connectivity index (χ1n) is 6.09. The number of hydrogen-bond acceptors (Lipinski definition) is 3. The monoisotopic (exact) mass is 225 g/mol. The number of hydrogen-bond donors (Lipinski definition) is 1. The summed E-state index contributed by atoms with van der Waals surface area (Å²) in [6, 6.07) is 4.09. The van der Waals surface area contributed by atoms with Crippen LogP contribution in [0, 0.1) is 16.7 Å². The van der Waals surface area contributed by atoms with Crippen LogP contribution in [-0.4, -0.2) is 18.1 Å². The average molecular weight is 225 g/mol. The Balaban J connectivity index is 1.92. The van der Waals surface area contributed by atoms with E-state index in [-0.39, 0.29) is 0 Å². The maximum absolute atomic E-state index is 8.89. The third-order valence-corrected chi connectivity index (χ3v) is 3.89. The fourth-order valence-electron chi connectivity index (χ4n) is 2.90. The Kier molecular flexibility index (Phi) is 2.45. The second-order valence-electron chi connectivity index (χ2n) is 5.03. The Morgan fingerprint density at radius 1 is 1.35 bits per heavy atom. The van der Waals surface area contributed by atoms with Gasteiger partial charge in [0.25, 0.3) is 0 Å². The molecule has 0 bridgehead atoms. The van der Waals surface area contributed by atoms with Crippen molar-refractivity contribution < 1.29 is 0 Å². The van der Waals surface area contributed by atoms with Gasteiger partial charge >= 0.3 is 0 Å². The topological polar surface area (TPSA) is 48.7 Å². The lowest BCUT2D eigenvalue weighted by Gasteiger charge is -2.17. The van der Waals surface area contributed by atoms with Crippen molar-refractivity contribution >= 4 is 5.57 Å². The normalized spacial score (nSPS) is 27.1. The van der Waals surface area contributed by atoms with Gasteiger partial charge in [-0.2, -0.15) is 5.26 Å². The van der Waals surface area contributed by atoms with Crippen LogP contribution in [0.5, 0.6) is 0 Å². The Morgan fingerprint density at radius 2 is 2.29 bits per heavy atom. The summed E-state index contributed by atoms with van der Waals surface area (Å²) >= 11 is 0. The molecule has 1 atom stereocenters. The maximum Gasteiger partial charge on any atom is 0.101 e. The number of nitriles is 1. The van der Waals surface area contributed by atoms with Gasteiger partial charge in [-0.15, -0.1) is 0 Å². The zero-order valence-electron chi connectivity index (χ0n) is 9.74. The van der Waals surface area contributed by atoms with Crippen LogP contribution in [-0.2, 0) is 0 Å². The van der Waals surface area contributed by atoms with Crippen molar-refractivity contribution in [2.75, 3.05) is 13.1 Å². The highest BCUT2D eigenvalue weighted by Gasteiger charge is 2.35. The molecular formula is C14H15N3. The molecule has 1 aliphatic heterocycles. The molecule has 1 aromatic rings. The molecule has 0 amide bonds. The SMILES string of the molecule is N#Cc1cncc(C2=CC3(CCNC3)CC2)c1. The van der Waals surface area contributed by atoms with E-state index >= 15 is 0 Å². The van der Waals surface area contributed by atoms with Crippen molar-refractivity contribution in [3.05, 3.63) is 35.7 Å². The molecule has 1 fully saturated rings. The minimum Gasteiger partial charge on any atom is -0.316 e. The van der Waals surface area contributed by atoms with Gasteiger partial charge in [-0.3, -0.25) is 4.98 Å². The molecule has 2 heterocycles. The lowest BCUT2D eigenvalue weighted by atomic mass is 9.87. The predicted molar refractivity (Wildman–Crippen MR) is 66.1 cm³/mol. The van der Waals surface area contributed by atoms with E-state index in [4.69, 9.17) is 5.26 Å². The van der Waals surface area contributed by atoms with E-state index in [2.05, 4.69) is 22.4 Å². The molecular weight excluding hydrogens is 210 g/mol. The lowest BCUT2D eigenvalue weighted by Crippen LogP contribution is -2.18. The van der Waals surface area contributed by atoms with Crippen molar-refractivity contribution in [3.8, 4) is 6.07 Å². The fraction of sp³-hybridized carbons (Fsp3) is 0.429. The molecule has 1 unspecified atom stereocenters. The first kappa shape index (κ1) is 10.5. The van der Waals surface area contributed by atoms with Gasteiger partial charge in [-0.05, 0) is 43.0 Å². The van der Waals surface area contributed by atoms with Crippen molar-refractivity contribution in [2.45, 2.75) is 19.3 Å². The standard InChI is InChI=1S/C14H15N3/c15-7-11-5-13(9-17-8-11)12-1-2-14(6-12)3-4-16-10-14/h5-6,8-9,16H,1-4,10H2. The van der Waals surface area contributed by atoms with Crippen LogP contribution in [0.2, 0.25) is 0 Å².